The summed E-state index contributed by atoms with van der Waals surface area (Å²) < 4.78 is 15.9. The molecule has 23 heteroatoms. The Hall–Kier alpha value is -3.98. The maximum Gasteiger partial charge on any atom is 0.410 e. The Morgan fingerprint density at radius 2 is 0.939 bits per heavy atom. The van der Waals surface area contributed by atoms with Crippen LogP contribution in [0, 0.1) is 5.92 Å². The van der Waals surface area contributed by atoms with Crippen LogP contribution in [0.1, 0.15) is 133 Å². The average molecular weight is 998 g/mol. The predicted octanol–water partition coefficient (Wildman–Crippen LogP) is 6.57. The fourth-order valence-electron chi connectivity index (χ4n) is 6.63. The van der Waals surface area contributed by atoms with Crippen LogP contribution in [0.4, 0.5) is 14.4 Å². The Morgan fingerprint density at radius 1 is 0.606 bits per heavy atom. The number of carbonyl (C=O) groups excluding carboxylic acids is 3. The number of nitrogens with zero attached hydrogens (tertiary/aromatic N) is 9. The second-order valence-electron chi connectivity index (χ2n) is 19.1. The van der Waals surface area contributed by atoms with Gasteiger partial charge in [0, 0.05) is 49.5 Å². The van der Waals surface area contributed by atoms with E-state index < -0.39 is 11.2 Å². The van der Waals surface area contributed by atoms with E-state index in [-0.39, 0.29) is 47.7 Å². The molecular formula is C43H80Cl3N13O7+2. The molecule has 66 heavy (non-hydrogen) atoms. The molecule has 0 saturated carbocycles. The van der Waals surface area contributed by atoms with Crippen molar-refractivity contribution in [3.63, 3.8) is 0 Å². The molecule has 0 aromatic carbocycles. The van der Waals surface area contributed by atoms with Crippen LogP contribution in [0.3, 0.4) is 0 Å². The van der Waals surface area contributed by atoms with Crippen molar-refractivity contribution in [3.8, 4) is 0 Å². The molecule has 3 amide bonds. The summed E-state index contributed by atoms with van der Waals surface area (Å²) in [6.07, 6.45) is 17.1. The van der Waals surface area contributed by atoms with E-state index in [0.717, 1.165) is 57.8 Å². The lowest BCUT2D eigenvalue weighted by Gasteiger charge is -2.32. The van der Waals surface area contributed by atoms with Gasteiger partial charge in [0.05, 0.1) is 23.8 Å². The second kappa shape index (κ2) is 31.1. The Labute approximate surface area is 407 Å². The van der Waals surface area contributed by atoms with Crippen molar-refractivity contribution < 1.29 is 43.9 Å². The number of rotatable bonds is 2. The van der Waals surface area contributed by atoms with Crippen molar-refractivity contribution in [2.45, 2.75) is 156 Å². The second-order valence-corrected chi connectivity index (χ2v) is 19.9. The lowest BCUT2D eigenvalue weighted by Crippen LogP contribution is -2.43. The third-order valence-electron chi connectivity index (χ3n) is 9.94. The van der Waals surface area contributed by atoms with Crippen molar-refractivity contribution in [2.75, 3.05) is 57.7 Å². The Kier molecular flexibility index (Phi) is 28.3. The topological polar surface area (TPSA) is 226 Å². The van der Waals surface area contributed by atoms with E-state index in [9.17, 15) is 19.5 Å². The maximum atomic E-state index is 11.9. The molecular weight excluding hydrogens is 917 g/mol. The first-order chi connectivity index (χ1) is 30.6. The van der Waals surface area contributed by atoms with Crippen molar-refractivity contribution >= 4 is 53.9 Å². The molecule has 4 fully saturated rings. The van der Waals surface area contributed by atoms with Gasteiger partial charge >= 0.3 is 18.3 Å². The molecule has 4 saturated heterocycles. The summed E-state index contributed by atoms with van der Waals surface area (Å²) in [5.74, 6) is 0.744. The molecule has 20 nitrogen and oxygen atoms in total. The first kappa shape index (κ1) is 60.0. The third kappa shape index (κ3) is 27.0. The number of halogens is 3. The highest BCUT2D eigenvalue weighted by Crippen LogP contribution is 2.22. The molecule has 0 atom stereocenters. The van der Waals surface area contributed by atoms with E-state index in [1.54, 1.807) is 40.8 Å². The van der Waals surface area contributed by atoms with Crippen LogP contribution in [0.15, 0.2) is 37.2 Å². The van der Waals surface area contributed by atoms with Gasteiger partial charge in [0.15, 0.2) is 12.4 Å². The number of alkyl halides is 2. The minimum Gasteiger partial charge on any atom is -0.444 e. The van der Waals surface area contributed by atoms with Crippen LogP contribution in [0.25, 0.3) is 0 Å². The quantitative estimate of drug-likeness (QED) is 0.183. The molecule has 4 aliphatic heterocycles. The largest absolute Gasteiger partial charge is 0.444 e. The number of amides is 3. The number of aromatic nitrogens is 9. The molecule has 0 radical (unpaired) electrons. The molecule has 0 spiro atoms. The van der Waals surface area contributed by atoms with Gasteiger partial charge in [-0.2, -0.15) is 25.6 Å². The van der Waals surface area contributed by atoms with E-state index in [4.69, 9.17) is 37.4 Å². The number of aliphatic hydroxyl groups is 1. The standard InChI is InChI=1S/C12H20N4O2.C11H21NO2.C10H19NO3.C7H12N4.C2H3N3.CH2Cl2.ClH/c1-12(2,3)18-11(17)15-8-4-10(5-9-15)16-13-6-7-14-16;1-9-5-7-12(8-6-9)10(13)14-11(2,3)4;1-10(2,3)14-9(13)11-6-4-8(12)5-7-11;1-3-8-4-2-7(1)11-9-5-6-10-11;1-2-4-5-3-1;2-1-3;/h6-7,10H,4-5,8-9H2,1-3H3;9H,5-8H2,1-4H3;8,12H,4-7H2,1-3H3;5-8H,1-4H2;1-2H,(H,3,4,5);1H2;1H/p+2. The first-order valence-electron chi connectivity index (χ1n) is 22.7. The molecule has 3 aromatic heterocycles. The van der Waals surface area contributed by atoms with Gasteiger partial charge in [-0.1, -0.05) is 6.92 Å². The summed E-state index contributed by atoms with van der Waals surface area (Å²) >= 11 is 9.53. The lowest BCUT2D eigenvalue weighted by molar-refractivity contribution is -0.503. The van der Waals surface area contributed by atoms with Crippen LogP contribution in [0.5, 0.6) is 0 Å². The number of ether oxygens (including phenoxy) is 3. The van der Waals surface area contributed by atoms with Crippen molar-refractivity contribution in [3.05, 3.63) is 37.2 Å². The molecule has 4 aliphatic rings. The fourth-order valence-corrected chi connectivity index (χ4v) is 6.63. The normalized spacial score (nSPS) is 17.4. The van der Waals surface area contributed by atoms with E-state index >= 15 is 0 Å². The van der Waals surface area contributed by atoms with Crippen molar-refractivity contribution in [2.24, 2.45) is 5.92 Å². The number of piperidine rings is 4. The monoisotopic (exact) mass is 996 g/mol. The predicted molar refractivity (Wildman–Crippen MR) is 254 cm³/mol. The van der Waals surface area contributed by atoms with Crippen molar-refractivity contribution in [1.29, 1.82) is 0 Å². The summed E-state index contributed by atoms with van der Waals surface area (Å²) in [5.41, 5.74) is -1.24. The van der Waals surface area contributed by atoms with E-state index in [0.29, 0.717) is 51.1 Å². The van der Waals surface area contributed by atoms with Gasteiger partial charge in [0.25, 0.3) is 0 Å². The van der Waals surface area contributed by atoms with Crippen LogP contribution < -0.4 is 15.5 Å². The van der Waals surface area contributed by atoms with Crippen LogP contribution in [-0.4, -0.2) is 154 Å². The summed E-state index contributed by atoms with van der Waals surface area (Å²) in [7, 11) is 0. The summed E-state index contributed by atoms with van der Waals surface area (Å²) in [4.78, 5) is 44.1. The minimum atomic E-state index is -0.437. The Bertz CT molecular complexity index is 1600. The molecule has 7 heterocycles. The van der Waals surface area contributed by atoms with Gasteiger partial charge < -0.3 is 39.3 Å². The summed E-state index contributed by atoms with van der Waals surface area (Å²) in [6, 6.07) is 0.921. The smallest absolute Gasteiger partial charge is 0.410 e. The molecule has 0 unspecified atom stereocenters. The highest BCUT2D eigenvalue weighted by molar-refractivity contribution is 6.40. The zero-order chi connectivity index (χ0) is 48.5. The Morgan fingerprint density at radius 3 is 1.24 bits per heavy atom. The highest BCUT2D eigenvalue weighted by Gasteiger charge is 2.30. The number of hydrogen-bond donors (Lipinski definition) is 3. The zero-order valence-corrected chi connectivity index (χ0v) is 43.2. The number of aliphatic hydroxyl groups excluding tert-OH is 1. The van der Waals surface area contributed by atoms with Crippen LogP contribution >= 0.6 is 35.6 Å². The number of aromatic amines is 3. The van der Waals surface area contributed by atoms with E-state index in [1.807, 2.05) is 83.0 Å². The molecule has 7 rings (SSSR count). The fraction of sp³-hybridized carbons (Fsp3) is 0.791. The van der Waals surface area contributed by atoms with Gasteiger partial charge in [0.2, 0.25) is 12.4 Å². The summed E-state index contributed by atoms with van der Waals surface area (Å²) in [6.45, 7) is 25.7. The molecule has 0 aliphatic carbocycles. The minimum absolute atomic E-state index is 0. The average Bonchev–Trinajstić information content (AvgIpc) is 4.08. The lowest BCUT2D eigenvalue weighted by atomic mass is 10.00. The molecule has 0 bridgehead atoms. The molecule has 3 aromatic rings. The highest BCUT2D eigenvalue weighted by atomic mass is 35.5. The molecule has 378 valence electrons. The zero-order valence-electron chi connectivity index (χ0n) is 40.9. The number of likely N-dealkylation sites (tertiary alicyclic amines) is 3. The van der Waals surface area contributed by atoms with Gasteiger partial charge in [-0.3, -0.25) is 0 Å². The third-order valence-corrected chi connectivity index (χ3v) is 9.94. The van der Waals surface area contributed by atoms with Crippen LogP contribution in [0.2, 0.25) is 0 Å². The van der Waals surface area contributed by atoms with Gasteiger partial charge in [0.1, 0.15) is 28.9 Å². The number of carbonyl (C=O) groups is 3. The summed E-state index contributed by atoms with van der Waals surface area (Å²) in [5, 5.41) is 36.6. The van der Waals surface area contributed by atoms with E-state index in [2.05, 4.69) is 48.0 Å². The van der Waals surface area contributed by atoms with Gasteiger partial charge in [-0.25, -0.2) is 14.4 Å². The Balaban J connectivity index is 0.000000418. The van der Waals surface area contributed by atoms with Crippen molar-refractivity contribution in [1.82, 2.24) is 55.2 Å². The van der Waals surface area contributed by atoms with E-state index in [1.165, 1.54) is 12.8 Å². The SMILES string of the molecule is CC(C)(C)OC(=O)N1CCC(O)CC1.CC(C)(C)OC(=O)N1CCC(n2ncc[nH+]2)CC1.CC1CCN(C(=O)OC(C)(C)C)CC1.Cl.ClCCl.c1c[nH+]n(C2CCNCC2)n1.c1cn[nH]n1. The van der Waals surface area contributed by atoms with Gasteiger partial charge in [-0.05, 0) is 142 Å². The van der Waals surface area contributed by atoms with Crippen LogP contribution in [-0.2, 0) is 14.2 Å². The first-order valence-corrected chi connectivity index (χ1v) is 23.7. The number of nitrogens with one attached hydrogen (secondary N) is 4. The van der Waals surface area contributed by atoms with Gasteiger partial charge in [-0.15, -0.1) is 35.6 Å². The number of hydrogen-bond acceptors (Lipinski definition) is 12. The molecule has 5 N–H and O–H groups in total. The maximum absolute atomic E-state index is 11.9. The number of H-pyrrole nitrogens is 3.